The number of hydrogen-bond acceptors (Lipinski definition) is 4. The number of nitrogens with one attached hydrogen (secondary N) is 1. The van der Waals surface area contributed by atoms with Gasteiger partial charge in [0.15, 0.2) is 0 Å². The fourth-order valence-electron chi connectivity index (χ4n) is 2.03. The van der Waals surface area contributed by atoms with Crippen molar-refractivity contribution in [3.8, 4) is 0 Å². The Hall–Kier alpha value is -1.86. The van der Waals surface area contributed by atoms with Crippen LogP contribution in [-0.2, 0) is 16.1 Å². The Morgan fingerprint density at radius 1 is 1.35 bits per heavy atom. The fourth-order valence-corrected chi connectivity index (χ4v) is 4.01. The summed E-state index contributed by atoms with van der Waals surface area (Å²) < 4.78 is 5.94. The number of amides is 1. The second-order valence-electron chi connectivity index (χ2n) is 4.93. The number of carbonyl (C=O) groups excluding carboxylic acids is 1. The maximum Gasteiger partial charge on any atom is 0.407 e. The number of alkyl carbamates (subject to hydrolysis) is 1. The highest BCUT2D eigenvalue weighted by Crippen LogP contribution is 2.33. The summed E-state index contributed by atoms with van der Waals surface area (Å²) in [6, 6.07) is 10.5. The van der Waals surface area contributed by atoms with E-state index in [1.54, 1.807) is 0 Å². The van der Waals surface area contributed by atoms with Crippen molar-refractivity contribution in [2.45, 2.75) is 26.0 Å². The van der Waals surface area contributed by atoms with E-state index in [-0.39, 0.29) is 13.0 Å². The average Bonchev–Trinajstić information content (AvgIpc) is 2.84. The van der Waals surface area contributed by atoms with E-state index in [0.717, 1.165) is 19.8 Å². The number of carbonyl (C=O) groups is 2. The zero-order chi connectivity index (χ0) is 16.8. The molecule has 0 aliphatic carbocycles. The molecule has 23 heavy (non-hydrogen) atoms. The van der Waals surface area contributed by atoms with Crippen LogP contribution in [0.4, 0.5) is 4.79 Å². The molecule has 2 N–H and O–H groups in total. The maximum atomic E-state index is 12.0. The number of carboxylic acids is 1. The van der Waals surface area contributed by atoms with Crippen LogP contribution >= 0.6 is 27.3 Å². The number of thiophene rings is 1. The van der Waals surface area contributed by atoms with Crippen molar-refractivity contribution in [2.75, 3.05) is 0 Å². The van der Waals surface area contributed by atoms with Crippen molar-refractivity contribution in [1.29, 1.82) is 0 Å². The lowest BCUT2D eigenvalue weighted by Gasteiger charge is -2.16. The molecule has 7 heteroatoms. The third-order valence-electron chi connectivity index (χ3n) is 3.04. The van der Waals surface area contributed by atoms with E-state index < -0.39 is 18.1 Å². The predicted molar refractivity (Wildman–Crippen MR) is 91.5 cm³/mol. The summed E-state index contributed by atoms with van der Waals surface area (Å²) in [4.78, 5) is 24.8. The van der Waals surface area contributed by atoms with E-state index in [1.165, 1.54) is 11.3 Å². The third-order valence-corrected chi connectivity index (χ3v) is 5.12. The molecule has 122 valence electrons. The Labute approximate surface area is 146 Å². The number of aliphatic carboxylic acids is 1. The first kappa shape index (κ1) is 17.5. The molecule has 2 rings (SSSR count). The Kier molecular flexibility index (Phi) is 6.18. The molecule has 0 aliphatic heterocycles. The SMILES string of the molecule is Cc1cc(Br)c([C@@H](CC(=O)O)NC(=O)OCc2ccccc2)s1. The molecule has 0 aliphatic rings. The molecule has 0 saturated carbocycles. The molecule has 0 radical (unpaired) electrons. The molecule has 5 nitrogen and oxygen atoms in total. The van der Waals surface area contributed by atoms with Gasteiger partial charge >= 0.3 is 12.1 Å². The van der Waals surface area contributed by atoms with Gasteiger partial charge in [0.2, 0.25) is 0 Å². The second-order valence-corrected chi connectivity index (χ2v) is 7.07. The summed E-state index contributed by atoms with van der Waals surface area (Å²) >= 11 is 4.84. The number of aryl methyl sites for hydroxylation is 1. The van der Waals surface area contributed by atoms with E-state index in [1.807, 2.05) is 43.3 Å². The molecule has 0 spiro atoms. The first-order valence-corrected chi connectivity index (χ1v) is 8.51. The monoisotopic (exact) mass is 397 g/mol. The standard InChI is InChI=1S/C16H16BrNO4S/c1-10-7-12(17)15(23-10)13(8-14(19)20)18-16(21)22-9-11-5-3-2-4-6-11/h2-7,13H,8-9H2,1H3,(H,18,21)(H,19,20)/t13-/m1/s1. The molecule has 1 atom stereocenters. The van der Waals surface area contributed by atoms with Gasteiger partial charge < -0.3 is 15.2 Å². The largest absolute Gasteiger partial charge is 0.481 e. The number of carboxylic acid groups (broad SMARTS) is 1. The first-order valence-electron chi connectivity index (χ1n) is 6.90. The van der Waals surface area contributed by atoms with Crippen molar-refractivity contribution in [3.05, 3.63) is 56.2 Å². The van der Waals surface area contributed by atoms with Crippen molar-refractivity contribution >= 4 is 39.3 Å². The summed E-state index contributed by atoms with van der Waals surface area (Å²) in [5.41, 5.74) is 0.866. The first-order chi connectivity index (χ1) is 11.0. The molecule has 1 heterocycles. The lowest BCUT2D eigenvalue weighted by molar-refractivity contribution is -0.137. The van der Waals surface area contributed by atoms with Gasteiger partial charge in [-0.15, -0.1) is 11.3 Å². The van der Waals surface area contributed by atoms with Crippen LogP contribution < -0.4 is 5.32 Å². The van der Waals surface area contributed by atoms with Crippen LogP contribution in [0.3, 0.4) is 0 Å². The Bertz CT molecular complexity index is 687. The Balaban J connectivity index is 2.01. The number of benzene rings is 1. The summed E-state index contributed by atoms with van der Waals surface area (Å²) in [6.07, 6.45) is -0.850. The van der Waals surface area contributed by atoms with Crippen LogP contribution in [0.1, 0.15) is 27.8 Å². The Morgan fingerprint density at radius 3 is 2.61 bits per heavy atom. The van der Waals surface area contributed by atoms with Crippen molar-refractivity contribution in [2.24, 2.45) is 0 Å². The fraction of sp³-hybridized carbons (Fsp3) is 0.250. The zero-order valence-electron chi connectivity index (χ0n) is 12.4. The van der Waals surface area contributed by atoms with Crippen LogP contribution in [0.5, 0.6) is 0 Å². The minimum absolute atomic E-state index is 0.136. The topological polar surface area (TPSA) is 75.6 Å². The van der Waals surface area contributed by atoms with E-state index in [0.29, 0.717) is 0 Å². The summed E-state index contributed by atoms with van der Waals surface area (Å²) in [6.45, 7) is 2.06. The van der Waals surface area contributed by atoms with Crippen molar-refractivity contribution in [1.82, 2.24) is 5.32 Å². The molecule has 0 saturated heterocycles. The number of ether oxygens (including phenoxy) is 1. The van der Waals surface area contributed by atoms with E-state index >= 15 is 0 Å². The lowest BCUT2D eigenvalue weighted by Crippen LogP contribution is -2.30. The molecule has 1 aromatic carbocycles. The summed E-state index contributed by atoms with van der Waals surface area (Å²) in [7, 11) is 0. The molecule has 0 unspecified atom stereocenters. The van der Waals surface area contributed by atoms with Gasteiger partial charge in [-0.05, 0) is 34.5 Å². The minimum Gasteiger partial charge on any atom is -0.481 e. The lowest BCUT2D eigenvalue weighted by atomic mass is 10.2. The Morgan fingerprint density at radius 2 is 2.04 bits per heavy atom. The maximum absolute atomic E-state index is 12.0. The van der Waals surface area contributed by atoms with Crippen LogP contribution in [0.2, 0.25) is 0 Å². The number of hydrogen-bond donors (Lipinski definition) is 2. The molecule has 0 bridgehead atoms. The van der Waals surface area contributed by atoms with Crippen LogP contribution in [0.15, 0.2) is 40.9 Å². The van der Waals surface area contributed by atoms with Gasteiger partial charge in [-0.2, -0.15) is 0 Å². The van der Waals surface area contributed by atoms with Crippen LogP contribution in [0, 0.1) is 6.92 Å². The smallest absolute Gasteiger partial charge is 0.407 e. The normalized spacial score (nSPS) is 11.7. The second kappa shape index (κ2) is 8.12. The molecule has 2 aromatic rings. The highest BCUT2D eigenvalue weighted by Gasteiger charge is 2.23. The van der Waals surface area contributed by atoms with E-state index in [9.17, 15) is 9.59 Å². The van der Waals surface area contributed by atoms with Gasteiger partial charge in [0.25, 0.3) is 0 Å². The summed E-state index contributed by atoms with van der Waals surface area (Å²) in [5.74, 6) is -0.990. The van der Waals surface area contributed by atoms with E-state index in [4.69, 9.17) is 9.84 Å². The van der Waals surface area contributed by atoms with Gasteiger partial charge in [-0.25, -0.2) is 4.79 Å². The van der Waals surface area contributed by atoms with Crippen molar-refractivity contribution in [3.63, 3.8) is 0 Å². The van der Waals surface area contributed by atoms with Gasteiger partial charge in [0.1, 0.15) is 6.61 Å². The minimum atomic E-state index is -0.990. The molecule has 0 fully saturated rings. The van der Waals surface area contributed by atoms with Gasteiger partial charge in [-0.3, -0.25) is 4.79 Å². The third kappa shape index (κ3) is 5.37. The van der Waals surface area contributed by atoms with Crippen molar-refractivity contribution < 1.29 is 19.4 Å². The quantitative estimate of drug-likeness (QED) is 0.763. The number of halogens is 1. The molecular weight excluding hydrogens is 382 g/mol. The summed E-state index contributed by atoms with van der Waals surface area (Å²) in [5, 5.41) is 11.7. The average molecular weight is 398 g/mol. The van der Waals surface area contributed by atoms with E-state index in [2.05, 4.69) is 21.2 Å². The molecular formula is C16H16BrNO4S. The van der Waals surface area contributed by atoms with Crippen LogP contribution in [-0.4, -0.2) is 17.2 Å². The van der Waals surface area contributed by atoms with Gasteiger partial charge in [0, 0.05) is 14.2 Å². The number of rotatable bonds is 6. The van der Waals surface area contributed by atoms with Gasteiger partial charge in [-0.1, -0.05) is 30.3 Å². The highest BCUT2D eigenvalue weighted by atomic mass is 79.9. The zero-order valence-corrected chi connectivity index (χ0v) is 14.8. The molecule has 1 amide bonds. The molecule has 1 aromatic heterocycles. The highest BCUT2D eigenvalue weighted by molar-refractivity contribution is 9.10. The van der Waals surface area contributed by atoms with Crippen LogP contribution in [0.25, 0.3) is 0 Å². The predicted octanol–water partition coefficient (Wildman–Crippen LogP) is 4.26. The van der Waals surface area contributed by atoms with Gasteiger partial charge in [0.05, 0.1) is 12.5 Å².